The van der Waals surface area contributed by atoms with Crippen molar-refractivity contribution >= 4 is 33.1 Å². The maximum atomic E-state index is 6.58. The number of benzene rings is 3. The molecule has 3 aromatic carbocycles. The van der Waals surface area contributed by atoms with Gasteiger partial charge in [0.15, 0.2) is 0 Å². The van der Waals surface area contributed by atoms with Gasteiger partial charge in [-0.3, -0.25) is 9.55 Å². The molecule has 5 heteroatoms. The number of furan rings is 1. The second-order valence-electron chi connectivity index (χ2n) is 11.4. The van der Waals surface area contributed by atoms with Gasteiger partial charge in [0.1, 0.15) is 11.4 Å². The van der Waals surface area contributed by atoms with E-state index in [0.29, 0.717) is 11.6 Å². The molecule has 0 unspecified atom stereocenters. The minimum Gasteiger partial charge on any atom is -0.437 e. The highest BCUT2D eigenvalue weighted by Gasteiger charge is 2.24. The predicted molar refractivity (Wildman–Crippen MR) is 168 cm³/mol. The third-order valence-corrected chi connectivity index (χ3v) is 8.02. The summed E-state index contributed by atoms with van der Waals surface area (Å²) in [6, 6.07) is 25.7. The summed E-state index contributed by atoms with van der Waals surface area (Å²) in [6.07, 6.45) is 1.94. The van der Waals surface area contributed by atoms with Gasteiger partial charge in [-0.05, 0) is 97.8 Å². The van der Waals surface area contributed by atoms with Crippen LogP contribution in [0.3, 0.4) is 0 Å². The lowest BCUT2D eigenvalue weighted by Crippen LogP contribution is -2.04. The van der Waals surface area contributed by atoms with E-state index in [1.54, 1.807) is 0 Å². The van der Waals surface area contributed by atoms with Gasteiger partial charge in [0, 0.05) is 22.2 Å². The zero-order valence-corrected chi connectivity index (χ0v) is 24.3. The number of hydrogen-bond donors (Lipinski definition) is 0. The molecular formula is C36H32N4O. The summed E-state index contributed by atoms with van der Waals surface area (Å²) in [6.45, 7) is 12.8. The van der Waals surface area contributed by atoms with Gasteiger partial charge in [0.2, 0.25) is 5.71 Å². The number of fused-ring (bicyclic) bond motifs is 4. The average Bonchev–Trinajstić information content (AvgIpc) is 3.50. The minimum absolute atomic E-state index is 0.328. The molecule has 0 aliphatic rings. The molecule has 0 bridgehead atoms. The van der Waals surface area contributed by atoms with Gasteiger partial charge in [-0.2, -0.15) is 0 Å². The van der Waals surface area contributed by atoms with Gasteiger partial charge in [0.25, 0.3) is 0 Å². The fourth-order valence-corrected chi connectivity index (χ4v) is 6.13. The highest BCUT2D eigenvalue weighted by molar-refractivity contribution is 6.10. The van der Waals surface area contributed by atoms with Crippen LogP contribution in [-0.4, -0.2) is 19.5 Å². The molecule has 4 aromatic heterocycles. The van der Waals surface area contributed by atoms with Crippen LogP contribution in [0.25, 0.3) is 61.3 Å². The van der Waals surface area contributed by atoms with Gasteiger partial charge >= 0.3 is 0 Å². The van der Waals surface area contributed by atoms with Crippen LogP contribution in [0.15, 0.2) is 83.4 Å². The second-order valence-corrected chi connectivity index (χ2v) is 11.4. The van der Waals surface area contributed by atoms with E-state index in [1.807, 2.05) is 20.0 Å². The van der Waals surface area contributed by atoms with Crippen LogP contribution >= 0.6 is 0 Å². The van der Waals surface area contributed by atoms with Gasteiger partial charge in [-0.15, -0.1) is 0 Å². The van der Waals surface area contributed by atoms with E-state index in [-0.39, 0.29) is 0 Å². The van der Waals surface area contributed by atoms with Crippen molar-refractivity contribution in [3.63, 3.8) is 0 Å². The molecule has 0 N–H and O–H groups in total. The molecule has 0 saturated heterocycles. The maximum Gasteiger partial charge on any atom is 0.227 e. The zero-order chi connectivity index (χ0) is 28.4. The maximum absolute atomic E-state index is 6.58. The van der Waals surface area contributed by atoms with Crippen molar-refractivity contribution in [3.8, 4) is 28.2 Å². The normalized spacial score (nSPS) is 11.9. The van der Waals surface area contributed by atoms with Crippen molar-refractivity contribution in [2.24, 2.45) is 0 Å². The molecule has 41 heavy (non-hydrogen) atoms. The van der Waals surface area contributed by atoms with Crippen LogP contribution in [0.4, 0.5) is 0 Å². The lowest BCUT2D eigenvalue weighted by Gasteiger charge is -2.18. The number of pyridine rings is 2. The highest BCUT2D eigenvalue weighted by atomic mass is 16.3. The average molecular weight is 537 g/mol. The van der Waals surface area contributed by atoms with E-state index in [9.17, 15) is 0 Å². The van der Waals surface area contributed by atoms with Crippen molar-refractivity contribution in [3.05, 3.63) is 107 Å². The van der Waals surface area contributed by atoms with E-state index < -0.39 is 0 Å². The topological polar surface area (TPSA) is 56.7 Å². The molecule has 5 nitrogen and oxygen atoms in total. The Kier molecular flexibility index (Phi) is 5.79. The van der Waals surface area contributed by atoms with Crippen LogP contribution in [0, 0.1) is 27.7 Å². The number of imidazole rings is 1. The monoisotopic (exact) mass is 536 g/mol. The molecule has 0 fully saturated rings. The second kappa shape index (κ2) is 9.41. The SMILES string of the molecule is Cc1cc2nc(-c3ccc(C(C)C)c4c3oc3nc(C)ccc34)n(-c3c(C)cc(-c4ccccc4)cc3C)c2cn1. The molecule has 0 spiro atoms. The Hall–Kier alpha value is -4.77. The van der Waals surface area contributed by atoms with Crippen LogP contribution in [0.5, 0.6) is 0 Å². The quantitative estimate of drug-likeness (QED) is 0.225. The molecule has 0 radical (unpaired) electrons. The summed E-state index contributed by atoms with van der Waals surface area (Å²) in [7, 11) is 0. The summed E-state index contributed by atoms with van der Waals surface area (Å²) in [5.74, 6) is 1.16. The van der Waals surface area contributed by atoms with Crippen molar-refractivity contribution < 1.29 is 4.42 Å². The summed E-state index contributed by atoms with van der Waals surface area (Å²) >= 11 is 0. The molecule has 7 rings (SSSR count). The predicted octanol–water partition coefficient (Wildman–Crippen LogP) is 9.41. The lowest BCUT2D eigenvalue weighted by atomic mass is 9.95. The van der Waals surface area contributed by atoms with Crippen LogP contribution < -0.4 is 0 Å². The molecule has 4 heterocycles. The highest BCUT2D eigenvalue weighted by Crippen LogP contribution is 2.42. The molecular weight excluding hydrogens is 504 g/mol. The van der Waals surface area contributed by atoms with Gasteiger partial charge < -0.3 is 4.42 Å². The third-order valence-electron chi connectivity index (χ3n) is 8.02. The number of aromatic nitrogens is 4. The summed E-state index contributed by atoms with van der Waals surface area (Å²) in [5.41, 5.74) is 13.3. The van der Waals surface area contributed by atoms with E-state index in [4.69, 9.17) is 14.4 Å². The van der Waals surface area contributed by atoms with Crippen molar-refractivity contribution in [2.75, 3.05) is 0 Å². The van der Waals surface area contributed by atoms with Crippen molar-refractivity contribution in [2.45, 2.75) is 47.5 Å². The van der Waals surface area contributed by atoms with E-state index >= 15 is 0 Å². The smallest absolute Gasteiger partial charge is 0.227 e. The Labute approximate surface area is 239 Å². The fourth-order valence-electron chi connectivity index (χ4n) is 6.13. The first-order valence-corrected chi connectivity index (χ1v) is 14.2. The Morgan fingerprint density at radius 2 is 1.51 bits per heavy atom. The molecule has 0 amide bonds. The van der Waals surface area contributed by atoms with Crippen LogP contribution in [0.1, 0.15) is 47.8 Å². The standard InChI is InChI=1S/C36H32N4O/c1-20(2)27-14-15-29(34-32(27)28-13-12-23(5)38-36(28)41-34)35-39-30-18-24(6)37-19-31(30)40(35)33-21(3)16-26(17-22(33)4)25-10-8-7-9-11-25/h7-20H,1-6H3. The first-order chi connectivity index (χ1) is 19.8. The molecule has 0 aliphatic heterocycles. The van der Waals surface area contributed by atoms with Crippen LogP contribution in [-0.2, 0) is 0 Å². The number of rotatable bonds is 4. The largest absolute Gasteiger partial charge is 0.437 e. The first kappa shape index (κ1) is 25.2. The molecule has 7 aromatic rings. The van der Waals surface area contributed by atoms with Gasteiger partial charge in [-0.1, -0.05) is 50.2 Å². The summed E-state index contributed by atoms with van der Waals surface area (Å²) in [5, 5.41) is 2.15. The Bertz CT molecular complexity index is 2090. The minimum atomic E-state index is 0.328. The molecule has 0 aliphatic carbocycles. The fraction of sp³-hybridized carbons (Fsp3) is 0.194. The third kappa shape index (κ3) is 4.03. The zero-order valence-electron chi connectivity index (χ0n) is 24.3. The van der Waals surface area contributed by atoms with Gasteiger partial charge in [0.05, 0.1) is 28.5 Å². The number of aryl methyl sites for hydroxylation is 4. The Balaban J connectivity index is 1.56. The molecule has 0 saturated carbocycles. The van der Waals surface area contributed by atoms with Crippen LogP contribution in [0.2, 0.25) is 0 Å². The van der Waals surface area contributed by atoms with Crippen molar-refractivity contribution in [1.82, 2.24) is 19.5 Å². The number of nitrogens with zero attached hydrogens (tertiary/aromatic N) is 4. The van der Waals surface area contributed by atoms with E-state index in [2.05, 4.69) is 110 Å². The first-order valence-electron chi connectivity index (χ1n) is 14.2. The lowest BCUT2D eigenvalue weighted by molar-refractivity contribution is 0.652. The summed E-state index contributed by atoms with van der Waals surface area (Å²) in [4.78, 5) is 14.7. The Morgan fingerprint density at radius 3 is 2.24 bits per heavy atom. The molecule has 0 atom stereocenters. The Morgan fingerprint density at radius 1 is 0.756 bits per heavy atom. The number of hydrogen-bond acceptors (Lipinski definition) is 4. The molecule has 202 valence electrons. The van der Waals surface area contributed by atoms with Crippen molar-refractivity contribution in [1.29, 1.82) is 0 Å². The van der Waals surface area contributed by atoms with E-state index in [0.717, 1.165) is 55.9 Å². The van der Waals surface area contributed by atoms with E-state index in [1.165, 1.54) is 27.8 Å². The summed E-state index contributed by atoms with van der Waals surface area (Å²) < 4.78 is 8.84. The van der Waals surface area contributed by atoms with Gasteiger partial charge in [-0.25, -0.2) is 9.97 Å².